The van der Waals surface area contributed by atoms with E-state index < -0.39 is 11.9 Å². The standard InChI is InChI=1S/C20H23NO6/c1-14-4-7-16(8-5-14)26-13-20(23)27-12-19(22)21-11-15-6-9-17(24-2)18(10-15)25-3/h4-10H,11-13H2,1-3H3,(H,21,22). The quantitative estimate of drug-likeness (QED) is 0.679. The Hall–Kier alpha value is -3.22. The van der Waals surface area contributed by atoms with Gasteiger partial charge >= 0.3 is 5.97 Å². The molecule has 2 rings (SSSR count). The number of ether oxygens (including phenoxy) is 4. The van der Waals surface area contributed by atoms with E-state index in [4.69, 9.17) is 18.9 Å². The van der Waals surface area contributed by atoms with Gasteiger partial charge in [-0.15, -0.1) is 0 Å². The Kier molecular flexibility index (Phi) is 7.49. The molecule has 144 valence electrons. The van der Waals surface area contributed by atoms with Gasteiger partial charge in [-0.05, 0) is 36.8 Å². The van der Waals surface area contributed by atoms with E-state index >= 15 is 0 Å². The molecule has 0 bridgehead atoms. The van der Waals surface area contributed by atoms with Crippen molar-refractivity contribution >= 4 is 11.9 Å². The molecule has 0 aliphatic carbocycles. The van der Waals surface area contributed by atoms with Crippen molar-refractivity contribution in [3.63, 3.8) is 0 Å². The van der Waals surface area contributed by atoms with Crippen molar-refractivity contribution < 1.29 is 28.5 Å². The number of benzene rings is 2. The molecule has 0 heterocycles. The molecule has 2 aromatic carbocycles. The van der Waals surface area contributed by atoms with E-state index in [-0.39, 0.29) is 19.8 Å². The number of esters is 1. The number of rotatable bonds is 9. The van der Waals surface area contributed by atoms with Crippen LogP contribution in [0.25, 0.3) is 0 Å². The van der Waals surface area contributed by atoms with E-state index in [2.05, 4.69) is 5.32 Å². The van der Waals surface area contributed by atoms with Gasteiger partial charge in [-0.25, -0.2) is 4.79 Å². The molecule has 0 fully saturated rings. The van der Waals surface area contributed by atoms with E-state index in [0.717, 1.165) is 11.1 Å². The first-order valence-corrected chi connectivity index (χ1v) is 8.34. The number of aryl methyl sites for hydroxylation is 1. The summed E-state index contributed by atoms with van der Waals surface area (Å²) in [5, 5.41) is 2.67. The van der Waals surface area contributed by atoms with Crippen LogP contribution in [-0.2, 0) is 20.9 Å². The van der Waals surface area contributed by atoms with Gasteiger partial charge in [0.25, 0.3) is 5.91 Å². The minimum atomic E-state index is -0.614. The molecule has 0 saturated heterocycles. The van der Waals surface area contributed by atoms with Gasteiger partial charge in [-0.3, -0.25) is 4.79 Å². The van der Waals surface area contributed by atoms with Crippen LogP contribution in [0.2, 0.25) is 0 Å². The van der Waals surface area contributed by atoms with Gasteiger partial charge in [0, 0.05) is 6.54 Å². The lowest BCUT2D eigenvalue weighted by molar-refractivity contribution is -0.150. The Morgan fingerprint density at radius 1 is 0.926 bits per heavy atom. The molecule has 0 spiro atoms. The van der Waals surface area contributed by atoms with E-state index in [1.54, 1.807) is 38.5 Å². The van der Waals surface area contributed by atoms with Gasteiger partial charge in [-0.1, -0.05) is 23.8 Å². The summed E-state index contributed by atoms with van der Waals surface area (Å²) >= 11 is 0. The van der Waals surface area contributed by atoms with Crippen molar-refractivity contribution in [2.75, 3.05) is 27.4 Å². The topological polar surface area (TPSA) is 83.1 Å². The first-order valence-electron chi connectivity index (χ1n) is 8.34. The average molecular weight is 373 g/mol. The van der Waals surface area contributed by atoms with Crippen LogP contribution in [0.15, 0.2) is 42.5 Å². The molecule has 0 aromatic heterocycles. The lowest BCUT2D eigenvalue weighted by atomic mass is 10.2. The van der Waals surface area contributed by atoms with Crippen molar-refractivity contribution in [1.82, 2.24) is 5.32 Å². The summed E-state index contributed by atoms with van der Waals surface area (Å²) in [4.78, 5) is 23.5. The number of hydrogen-bond donors (Lipinski definition) is 1. The second kappa shape index (κ2) is 10.1. The number of methoxy groups -OCH3 is 2. The van der Waals surface area contributed by atoms with E-state index in [1.165, 1.54) is 0 Å². The highest BCUT2D eigenvalue weighted by Crippen LogP contribution is 2.27. The SMILES string of the molecule is COc1ccc(CNC(=O)COC(=O)COc2ccc(C)cc2)cc1OC. The maximum Gasteiger partial charge on any atom is 0.344 e. The molecule has 0 aliphatic rings. The van der Waals surface area contributed by atoms with Crippen molar-refractivity contribution in [2.24, 2.45) is 0 Å². The maximum absolute atomic E-state index is 11.8. The first kappa shape index (κ1) is 20.1. The lowest BCUT2D eigenvalue weighted by Gasteiger charge is -2.11. The fourth-order valence-electron chi connectivity index (χ4n) is 2.21. The van der Waals surface area contributed by atoms with Crippen LogP contribution >= 0.6 is 0 Å². The molecule has 0 radical (unpaired) electrons. The molecule has 7 heteroatoms. The second-order valence-corrected chi connectivity index (χ2v) is 5.73. The fourth-order valence-corrected chi connectivity index (χ4v) is 2.21. The fraction of sp³-hybridized carbons (Fsp3) is 0.300. The molecule has 0 saturated carbocycles. The maximum atomic E-state index is 11.8. The molecule has 27 heavy (non-hydrogen) atoms. The third kappa shape index (κ3) is 6.54. The third-order valence-electron chi connectivity index (χ3n) is 3.68. The molecule has 0 atom stereocenters. The molecule has 1 amide bonds. The molecular weight excluding hydrogens is 350 g/mol. The zero-order valence-electron chi connectivity index (χ0n) is 15.6. The largest absolute Gasteiger partial charge is 0.493 e. The summed E-state index contributed by atoms with van der Waals surface area (Å²) in [7, 11) is 3.09. The van der Waals surface area contributed by atoms with E-state index in [0.29, 0.717) is 17.2 Å². The molecular formula is C20H23NO6. The molecule has 2 aromatic rings. The van der Waals surface area contributed by atoms with Crippen LogP contribution in [0.1, 0.15) is 11.1 Å². The normalized spacial score (nSPS) is 10.0. The summed E-state index contributed by atoms with van der Waals surface area (Å²) in [5.41, 5.74) is 1.92. The summed E-state index contributed by atoms with van der Waals surface area (Å²) in [6.07, 6.45) is 0. The predicted octanol–water partition coefficient (Wildman–Crippen LogP) is 2.25. The Bertz CT molecular complexity index is 773. The Labute approximate surface area is 158 Å². The van der Waals surface area contributed by atoms with Gasteiger partial charge in [0.1, 0.15) is 5.75 Å². The monoisotopic (exact) mass is 373 g/mol. The van der Waals surface area contributed by atoms with Crippen LogP contribution in [0.3, 0.4) is 0 Å². The number of hydrogen-bond acceptors (Lipinski definition) is 6. The highest BCUT2D eigenvalue weighted by Gasteiger charge is 2.10. The van der Waals surface area contributed by atoms with E-state index in [9.17, 15) is 9.59 Å². The summed E-state index contributed by atoms with van der Waals surface area (Å²) in [6, 6.07) is 12.6. The Morgan fingerprint density at radius 2 is 1.63 bits per heavy atom. The Balaban J connectivity index is 1.71. The molecule has 7 nitrogen and oxygen atoms in total. The van der Waals surface area contributed by atoms with Gasteiger partial charge < -0.3 is 24.3 Å². The highest BCUT2D eigenvalue weighted by molar-refractivity contribution is 5.80. The Morgan fingerprint density at radius 3 is 2.30 bits per heavy atom. The van der Waals surface area contributed by atoms with Crippen molar-refractivity contribution in [3.05, 3.63) is 53.6 Å². The van der Waals surface area contributed by atoms with Gasteiger partial charge in [0.05, 0.1) is 14.2 Å². The predicted molar refractivity (Wildman–Crippen MR) is 99.0 cm³/mol. The molecule has 1 N–H and O–H groups in total. The molecule has 0 aliphatic heterocycles. The number of nitrogens with one attached hydrogen (secondary N) is 1. The molecule has 0 unspecified atom stereocenters. The minimum absolute atomic E-state index is 0.258. The second-order valence-electron chi connectivity index (χ2n) is 5.73. The van der Waals surface area contributed by atoms with Crippen LogP contribution in [0, 0.1) is 6.92 Å². The van der Waals surface area contributed by atoms with Crippen LogP contribution in [0.4, 0.5) is 0 Å². The summed E-state index contributed by atoms with van der Waals surface area (Å²) in [5.74, 6) is 0.722. The van der Waals surface area contributed by atoms with Crippen molar-refractivity contribution in [3.8, 4) is 17.2 Å². The highest BCUT2D eigenvalue weighted by atomic mass is 16.6. The number of carbonyl (C=O) groups excluding carboxylic acids is 2. The van der Waals surface area contributed by atoms with Crippen LogP contribution in [0.5, 0.6) is 17.2 Å². The summed E-state index contributed by atoms with van der Waals surface area (Å²) in [6.45, 7) is 1.60. The lowest BCUT2D eigenvalue weighted by Crippen LogP contribution is -2.29. The van der Waals surface area contributed by atoms with Crippen molar-refractivity contribution in [1.29, 1.82) is 0 Å². The van der Waals surface area contributed by atoms with Crippen LogP contribution < -0.4 is 19.5 Å². The van der Waals surface area contributed by atoms with Gasteiger partial charge in [0.2, 0.25) is 0 Å². The number of carbonyl (C=O) groups is 2. The number of amides is 1. The van der Waals surface area contributed by atoms with Crippen LogP contribution in [-0.4, -0.2) is 39.3 Å². The third-order valence-corrected chi connectivity index (χ3v) is 3.68. The smallest absolute Gasteiger partial charge is 0.344 e. The van der Waals surface area contributed by atoms with Crippen molar-refractivity contribution in [2.45, 2.75) is 13.5 Å². The zero-order valence-corrected chi connectivity index (χ0v) is 15.6. The zero-order chi connectivity index (χ0) is 19.6. The summed E-state index contributed by atoms with van der Waals surface area (Å²) < 4.78 is 20.6. The average Bonchev–Trinajstić information content (AvgIpc) is 2.69. The van der Waals surface area contributed by atoms with Gasteiger partial charge in [-0.2, -0.15) is 0 Å². The van der Waals surface area contributed by atoms with Gasteiger partial charge in [0.15, 0.2) is 24.7 Å². The first-order chi connectivity index (χ1) is 13.0. The van der Waals surface area contributed by atoms with E-state index in [1.807, 2.05) is 25.1 Å². The minimum Gasteiger partial charge on any atom is -0.493 e.